The van der Waals surface area contributed by atoms with Gasteiger partial charge in [-0.25, -0.2) is 8.42 Å². The van der Waals surface area contributed by atoms with Crippen LogP contribution < -0.4 is 9.62 Å². The van der Waals surface area contributed by atoms with Crippen LogP contribution in [0.15, 0.2) is 48.5 Å². The summed E-state index contributed by atoms with van der Waals surface area (Å²) in [4.78, 5) is 38.4. The summed E-state index contributed by atoms with van der Waals surface area (Å²) >= 11 is 0. The van der Waals surface area contributed by atoms with Crippen molar-refractivity contribution in [2.75, 3.05) is 23.7 Å². The average Bonchev–Trinajstić information content (AvgIpc) is 2.80. The van der Waals surface area contributed by atoms with Gasteiger partial charge in [-0.3, -0.25) is 24.0 Å². The number of carbonyl (C=O) groups excluding carboxylic acids is 2. The number of rotatable bonds is 12. The summed E-state index contributed by atoms with van der Waals surface area (Å²) in [5, 5.41) is 14.0. The van der Waals surface area contributed by atoms with Crippen LogP contribution >= 0.6 is 0 Å². The van der Waals surface area contributed by atoms with Crippen LogP contribution in [0.2, 0.25) is 0 Å². The monoisotopic (exact) mass is 504 g/mol. The standard InChI is InChI=1S/C24H32N4O6S/c1-5-13-25-24(30)22(6-2)26(16-19-10-7-9-18(3)14-19)23(29)17-27(35(4,33)34)20-11-8-12-21(15-20)28(31)32/h7-12,14-15,22H,5-6,13,16-17H2,1-4H3,(H,25,30)/t22-/m1/s1. The molecule has 0 saturated heterocycles. The fourth-order valence-electron chi connectivity index (χ4n) is 3.67. The molecule has 1 N–H and O–H groups in total. The van der Waals surface area contributed by atoms with Gasteiger partial charge in [0.15, 0.2) is 0 Å². The van der Waals surface area contributed by atoms with Crippen LogP contribution in [0.5, 0.6) is 0 Å². The van der Waals surface area contributed by atoms with Crippen LogP contribution in [-0.4, -0.2) is 55.4 Å². The summed E-state index contributed by atoms with van der Waals surface area (Å²) in [5.74, 6) is -0.918. The van der Waals surface area contributed by atoms with E-state index in [0.29, 0.717) is 13.0 Å². The zero-order chi connectivity index (χ0) is 26.2. The second-order valence-electron chi connectivity index (χ2n) is 8.27. The van der Waals surface area contributed by atoms with E-state index in [9.17, 15) is 28.1 Å². The van der Waals surface area contributed by atoms with E-state index in [1.54, 1.807) is 6.92 Å². The Labute approximate surface area is 206 Å². The maximum absolute atomic E-state index is 13.6. The first-order valence-electron chi connectivity index (χ1n) is 11.3. The van der Waals surface area contributed by atoms with Crippen LogP contribution in [-0.2, 0) is 26.2 Å². The smallest absolute Gasteiger partial charge is 0.271 e. The van der Waals surface area contributed by atoms with Gasteiger partial charge in [-0.05, 0) is 31.4 Å². The molecule has 2 rings (SSSR count). The summed E-state index contributed by atoms with van der Waals surface area (Å²) in [5.41, 5.74) is 1.47. The van der Waals surface area contributed by atoms with Crippen molar-refractivity contribution in [2.24, 2.45) is 0 Å². The number of hydrogen-bond donors (Lipinski definition) is 1. The van der Waals surface area contributed by atoms with Crippen molar-refractivity contribution in [1.29, 1.82) is 0 Å². The van der Waals surface area contributed by atoms with Crippen molar-refractivity contribution in [2.45, 2.75) is 46.2 Å². The lowest BCUT2D eigenvalue weighted by molar-refractivity contribution is -0.384. The number of anilines is 1. The first-order chi connectivity index (χ1) is 16.5. The second-order valence-corrected chi connectivity index (χ2v) is 10.2. The Morgan fingerprint density at radius 2 is 1.80 bits per heavy atom. The molecule has 2 amide bonds. The van der Waals surface area contributed by atoms with Crippen molar-refractivity contribution in [3.8, 4) is 0 Å². The minimum Gasteiger partial charge on any atom is -0.354 e. The number of carbonyl (C=O) groups is 2. The number of nitrogens with one attached hydrogen (secondary N) is 1. The molecule has 0 bridgehead atoms. The van der Waals surface area contributed by atoms with Gasteiger partial charge in [0.1, 0.15) is 12.6 Å². The minimum atomic E-state index is -3.97. The van der Waals surface area contributed by atoms with Crippen LogP contribution in [0.25, 0.3) is 0 Å². The van der Waals surface area contributed by atoms with Gasteiger partial charge in [0.05, 0.1) is 16.9 Å². The molecule has 1 atom stereocenters. The van der Waals surface area contributed by atoms with E-state index in [0.717, 1.165) is 34.2 Å². The zero-order valence-corrected chi connectivity index (χ0v) is 21.2. The number of sulfonamides is 1. The highest BCUT2D eigenvalue weighted by Crippen LogP contribution is 2.24. The van der Waals surface area contributed by atoms with E-state index in [2.05, 4.69) is 5.32 Å². The van der Waals surface area contributed by atoms with Gasteiger partial charge in [-0.15, -0.1) is 0 Å². The Bertz CT molecular complexity index is 1170. The van der Waals surface area contributed by atoms with E-state index in [1.807, 2.05) is 38.1 Å². The Morgan fingerprint density at radius 3 is 2.37 bits per heavy atom. The third-order valence-electron chi connectivity index (χ3n) is 5.38. The van der Waals surface area contributed by atoms with Gasteiger partial charge in [0.2, 0.25) is 21.8 Å². The van der Waals surface area contributed by atoms with E-state index in [1.165, 1.54) is 23.1 Å². The van der Waals surface area contributed by atoms with Gasteiger partial charge < -0.3 is 10.2 Å². The number of non-ortho nitro benzene ring substituents is 1. The molecule has 0 radical (unpaired) electrons. The number of amides is 2. The number of nitrogens with zero attached hydrogens (tertiary/aromatic N) is 3. The maximum atomic E-state index is 13.6. The highest BCUT2D eigenvalue weighted by molar-refractivity contribution is 7.92. The summed E-state index contributed by atoms with van der Waals surface area (Å²) in [7, 11) is -3.97. The molecule has 0 heterocycles. The van der Waals surface area contributed by atoms with Gasteiger partial charge in [-0.2, -0.15) is 0 Å². The molecule has 0 aromatic heterocycles. The maximum Gasteiger partial charge on any atom is 0.271 e. The number of nitro benzene ring substituents is 1. The highest BCUT2D eigenvalue weighted by atomic mass is 32.2. The quantitative estimate of drug-likeness (QED) is 0.349. The lowest BCUT2D eigenvalue weighted by atomic mass is 10.1. The Morgan fingerprint density at radius 1 is 1.11 bits per heavy atom. The first-order valence-corrected chi connectivity index (χ1v) is 13.2. The minimum absolute atomic E-state index is 0.00552. The molecule has 0 saturated carbocycles. The third-order valence-corrected chi connectivity index (χ3v) is 6.52. The number of aryl methyl sites for hydroxylation is 1. The molecular formula is C24H32N4O6S. The molecule has 35 heavy (non-hydrogen) atoms. The second kappa shape index (κ2) is 12.3. The Balaban J connectivity index is 2.46. The van der Waals surface area contributed by atoms with Gasteiger partial charge in [-0.1, -0.05) is 49.7 Å². The summed E-state index contributed by atoms with van der Waals surface area (Å²) in [6, 6.07) is 11.7. The largest absolute Gasteiger partial charge is 0.354 e. The molecular weight excluding hydrogens is 472 g/mol. The average molecular weight is 505 g/mol. The van der Waals surface area contributed by atoms with E-state index >= 15 is 0 Å². The number of hydrogen-bond acceptors (Lipinski definition) is 6. The van der Waals surface area contributed by atoms with Crippen LogP contribution in [0.1, 0.15) is 37.8 Å². The van der Waals surface area contributed by atoms with Crippen LogP contribution in [0, 0.1) is 17.0 Å². The third kappa shape index (κ3) is 7.78. The van der Waals surface area contributed by atoms with Crippen molar-refractivity contribution in [1.82, 2.24) is 10.2 Å². The molecule has 0 unspecified atom stereocenters. The molecule has 0 aliphatic heterocycles. The Kier molecular flexibility index (Phi) is 9.76. The van der Waals surface area contributed by atoms with E-state index < -0.39 is 33.4 Å². The molecule has 190 valence electrons. The normalized spacial score (nSPS) is 12.0. The van der Waals surface area contributed by atoms with Crippen LogP contribution in [0.4, 0.5) is 11.4 Å². The first kappa shape index (κ1) is 27.8. The van der Waals surface area contributed by atoms with Gasteiger partial charge in [0.25, 0.3) is 5.69 Å². The Hall–Kier alpha value is -3.47. The number of benzene rings is 2. The fraction of sp³-hybridized carbons (Fsp3) is 0.417. The van der Waals surface area contributed by atoms with Gasteiger partial charge in [0, 0.05) is 25.2 Å². The molecule has 0 spiro atoms. The molecule has 0 fully saturated rings. The van der Waals surface area contributed by atoms with Gasteiger partial charge >= 0.3 is 0 Å². The summed E-state index contributed by atoms with van der Waals surface area (Å²) in [6.45, 7) is 5.55. The lowest BCUT2D eigenvalue weighted by Gasteiger charge is -2.33. The predicted octanol–water partition coefficient (Wildman–Crippen LogP) is 3.00. The molecule has 10 nitrogen and oxygen atoms in total. The fourth-order valence-corrected chi connectivity index (χ4v) is 4.51. The molecule has 11 heteroatoms. The molecule has 2 aromatic carbocycles. The van der Waals surface area contributed by atoms with Crippen molar-refractivity contribution < 1.29 is 22.9 Å². The summed E-state index contributed by atoms with van der Waals surface area (Å²) < 4.78 is 26.0. The van der Waals surface area contributed by atoms with E-state index in [-0.39, 0.29) is 23.8 Å². The van der Waals surface area contributed by atoms with Crippen molar-refractivity contribution >= 4 is 33.2 Å². The zero-order valence-electron chi connectivity index (χ0n) is 20.4. The van der Waals surface area contributed by atoms with Crippen molar-refractivity contribution in [3.63, 3.8) is 0 Å². The van der Waals surface area contributed by atoms with Crippen molar-refractivity contribution in [3.05, 3.63) is 69.8 Å². The number of nitro groups is 1. The molecule has 0 aliphatic rings. The lowest BCUT2D eigenvalue weighted by Crippen LogP contribution is -2.52. The molecule has 2 aromatic rings. The van der Waals surface area contributed by atoms with Crippen LogP contribution in [0.3, 0.4) is 0 Å². The SMILES string of the molecule is CCCNC(=O)[C@@H](CC)N(Cc1cccc(C)c1)C(=O)CN(c1cccc([N+](=O)[O-])c1)S(C)(=O)=O. The predicted molar refractivity (Wildman–Crippen MR) is 134 cm³/mol. The summed E-state index contributed by atoms with van der Waals surface area (Å²) in [6.07, 6.45) is 1.97. The molecule has 0 aliphatic carbocycles. The van der Waals surface area contributed by atoms with E-state index in [4.69, 9.17) is 0 Å². The highest BCUT2D eigenvalue weighted by Gasteiger charge is 2.32. The topological polar surface area (TPSA) is 130 Å².